The van der Waals surface area contributed by atoms with Crippen LogP contribution in [-0.2, 0) is 27.1 Å². The van der Waals surface area contributed by atoms with Gasteiger partial charge in [-0.3, -0.25) is 0 Å². The van der Waals surface area contributed by atoms with Crippen LogP contribution in [0.15, 0.2) is 115 Å². The van der Waals surface area contributed by atoms with Gasteiger partial charge in [-0.1, -0.05) is 162 Å². The highest BCUT2D eigenvalue weighted by molar-refractivity contribution is 7.33. The third kappa shape index (κ3) is 6.64. The Labute approximate surface area is 382 Å². The van der Waals surface area contributed by atoms with E-state index in [0.717, 1.165) is 6.42 Å². The maximum absolute atomic E-state index is 2.72. The zero-order valence-electron chi connectivity index (χ0n) is 40.3. The molecule has 0 saturated carbocycles. The van der Waals surface area contributed by atoms with Gasteiger partial charge >= 0.3 is 0 Å². The van der Waals surface area contributed by atoms with E-state index >= 15 is 0 Å². The van der Waals surface area contributed by atoms with Crippen molar-refractivity contribution >= 4 is 78.0 Å². The summed E-state index contributed by atoms with van der Waals surface area (Å²) in [5.74, 6) is 0. The molecule has 10 rings (SSSR count). The fourth-order valence-corrected chi connectivity index (χ4v) is 12.2. The van der Waals surface area contributed by atoms with Gasteiger partial charge in [0, 0.05) is 43.2 Å². The maximum Gasteiger partial charge on any atom is 0.264 e. The molecule has 3 heterocycles. The predicted octanol–water partition coefficient (Wildman–Crippen LogP) is 15.2. The summed E-state index contributed by atoms with van der Waals surface area (Å²) in [6.45, 7) is 33.4. The van der Waals surface area contributed by atoms with E-state index in [1.54, 1.807) is 0 Å². The Hall–Kier alpha value is -5.06. The van der Waals surface area contributed by atoms with Crippen LogP contribution in [0.25, 0.3) is 21.2 Å². The summed E-state index contributed by atoms with van der Waals surface area (Å²) >= 11 is 2.01. The minimum Gasteiger partial charge on any atom is -0.311 e. The number of thiophene rings is 1. The summed E-state index contributed by atoms with van der Waals surface area (Å²) in [4.78, 5) is 5.42. The van der Waals surface area contributed by atoms with Crippen LogP contribution in [0.3, 0.4) is 0 Å². The minimum atomic E-state index is -0.113. The molecule has 4 heteroatoms. The van der Waals surface area contributed by atoms with Crippen LogP contribution in [0.1, 0.15) is 136 Å². The van der Waals surface area contributed by atoms with Gasteiger partial charge in [-0.05, 0) is 140 Å². The number of rotatable bonds is 3. The van der Waals surface area contributed by atoms with Crippen molar-refractivity contribution in [2.45, 2.75) is 137 Å². The second-order valence-corrected chi connectivity index (χ2v) is 24.5. The van der Waals surface area contributed by atoms with Crippen LogP contribution < -0.4 is 25.5 Å². The highest BCUT2D eigenvalue weighted by atomic mass is 32.1. The zero-order chi connectivity index (χ0) is 44.8. The lowest BCUT2D eigenvalue weighted by Crippen LogP contribution is -2.61. The average molecular weight is 845 g/mol. The fourth-order valence-electron chi connectivity index (χ4n) is 10.9. The van der Waals surface area contributed by atoms with Crippen molar-refractivity contribution in [1.82, 2.24) is 0 Å². The number of nitrogens with zero attached hydrogens (tertiary/aromatic N) is 2. The molecule has 2 nitrogen and oxygen atoms in total. The monoisotopic (exact) mass is 844 g/mol. The maximum atomic E-state index is 2.72. The standard InChI is InChI=1S/C59H65BN2S/c1-36-20-29-49-43(32-36)52-54(63-49)60-45-27-26-44-50(59(13,14)31-30-58(44,11)12)53(45)61(41-24-21-38(22-25-41)55(2,3)4)47-34-40(57(8,9)10)35-48(51(47)60)62(52)46-28-23-39(56(5,6)7)33-42(46)37-18-16-15-17-19-37/h15-29,32-35H,30-31H2,1-14H3. The van der Waals surface area contributed by atoms with E-state index in [0.29, 0.717) is 0 Å². The summed E-state index contributed by atoms with van der Waals surface area (Å²) in [7, 11) is 0. The number of hydrogen-bond donors (Lipinski definition) is 0. The van der Waals surface area contributed by atoms with Gasteiger partial charge in [-0.25, -0.2) is 0 Å². The average Bonchev–Trinajstić information content (AvgIpc) is 3.59. The number of benzene rings is 6. The number of fused-ring (bicyclic) bond motifs is 8. The molecule has 63 heavy (non-hydrogen) atoms. The van der Waals surface area contributed by atoms with E-state index < -0.39 is 0 Å². The SMILES string of the molecule is Cc1ccc2sc3c(c2c1)N(c1ccc(C(C)(C)C)cc1-c1ccccc1)c1cc(C(C)(C)C)cc2c1B3c1ccc3c(c1N2c1ccc(C(C)(C)C)cc1)C(C)(C)CCC3(C)C. The molecule has 3 aliphatic rings. The van der Waals surface area contributed by atoms with E-state index in [1.165, 1.54) is 111 Å². The van der Waals surface area contributed by atoms with Crippen molar-refractivity contribution in [2.24, 2.45) is 0 Å². The molecule has 0 atom stereocenters. The molecule has 0 spiro atoms. The summed E-state index contributed by atoms with van der Waals surface area (Å²) in [5, 5.41) is 1.34. The van der Waals surface area contributed by atoms with E-state index in [9.17, 15) is 0 Å². The van der Waals surface area contributed by atoms with Gasteiger partial charge in [0.2, 0.25) is 0 Å². The van der Waals surface area contributed by atoms with Crippen molar-refractivity contribution in [2.75, 3.05) is 9.80 Å². The lowest BCUT2D eigenvalue weighted by Gasteiger charge is -2.49. The smallest absolute Gasteiger partial charge is 0.264 e. The first-order valence-corrected chi connectivity index (χ1v) is 24.2. The first-order valence-electron chi connectivity index (χ1n) is 23.3. The van der Waals surface area contributed by atoms with E-state index in [1.807, 2.05) is 11.3 Å². The molecule has 2 aliphatic heterocycles. The largest absolute Gasteiger partial charge is 0.311 e. The molecule has 0 N–H and O–H groups in total. The Morgan fingerprint density at radius 2 is 1.17 bits per heavy atom. The van der Waals surface area contributed by atoms with Gasteiger partial charge in [-0.2, -0.15) is 0 Å². The highest BCUT2D eigenvalue weighted by Crippen LogP contribution is 2.56. The predicted molar refractivity (Wildman–Crippen MR) is 277 cm³/mol. The normalized spacial score (nSPS) is 16.4. The molecule has 0 fully saturated rings. The summed E-state index contributed by atoms with van der Waals surface area (Å²) in [5.41, 5.74) is 21.4. The van der Waals surface area contributed by atoms with Crippen LogP contribution in [0.4, 0.5) is 34.1 Å². The van der Waals surface area contributed by atoms with Crippen molar-refractivity contribution in [1.29, 1.82) is 0 Å². The van der Waals surface area contributed by atoms with Crippen LogP contribution >= 0.6 is 11.3 Å². The third-order valence-corrected chi connectivity index (χ3v) is 16.0. The molecule has 0 unspecified atom stereocenters. The van der Waals surface area contributed by atoms with Gasteiger partial charge < -0.3 is 9.80 Å². The first kappa shape index (κ1) is 41.9. The molecule has 320 valence electrons. The van der Waals surface area contributed by atoms with Crippen LogP contribution in [0.5, 0.6) is 0 Å². The van der Waals surface area contributed by atoms with Gasteiger partial charge in [-0.15, -0.1) is 11.3 Å². The Balaban J connectivity index is 1.39. The minimum absolute atomic E-state index is 0.00798. The van der Waals surface area contributed by atoms with E-state index in [4.69, 9.17) is 0 Å². The summed E-state index contributed by atoms with van der Waals surface area (Å²) in [6.07, 6.45) is 2.33. The van der Waals surface area contributed by atoms with Crippen LogP contribution in [0, 0.1) is 6.92 Å². The number of aryl methyl sites for hydroxylation is 1. The molecular weight excluding hydrogens is 780 g/mol. The van der Waals surface area contributed by atoms with Gasteiger partial charge in [0.15, 0.2) is 0 Å². The lowest BCUT2D eigenvalue weighted by atomic mass is 9.35. The van der Waals surface area contributed by atoms with Crippen molar-refractivity contribution < 1.29 is 0 Å². The molecular formula is C59H65BN2S. The number of hydrogen-bond acceptors (Lipinski definition) is 3. The Kier molecular flexibility index (Phi) is 9.30. The summed E-state index contributed by atoms with van der Waals surface area (Å²) in [6, 6.07) is 45.4. The Morgan fingerprint density at radius 3 is 1.83 bits per heavy atom. The quantitative estimate of drug-likeness (QED) is 0.164. The van der Waals surface area contributed by atoms with Crippen molar-refractivity contribution in [3.05, 3.63) is 149 Å². The topological polar surface area (TPSA) is 6.48 Å². The van der Waals surface area contributed by atoms with Crippen molar-refractivity contribution in [3.8, 4) is 11.1 Å². The second kappa shape index (κ2) is 14.0. The fraction of sp³-hybridized carbons (Fsp3) is 0.356. The molecule has 0 radical (unpaired) electrons. The Bertz CT molecular complexity index is 2960. The molecule has 1 aromatic heterocycles. The Morgan fingerprint density at radius 1 is 0.556 bits per heavy atom. The summed E-state index contributed by atoms with van der Waals surface area (Å²) < 4.78 is 2.78. The van der Waals surface area contributed by atoms with E-state index in [2.05, 4.69) is 222 Å². The number of anilines is 6. The lowest BCUT2D eigenvalue weighted by molar-refractivity contribution is 0.333. The second-order valence-electron chi connectivity index (χ2n) is 23.4. The van der Waals surface area contributed by atoms with Gasteiger partial charge in [0.25, 0.3) is 6.71 Å². The van der Waals surface area contributed by atoms with Gasteiger partial charge in [0.05, 0.1) is 11.4 Å². The first-order chi connectivity index (χ1) is 29.5. The van der Waals surface area contributed by atoms with Gasteiger partial charge in [0.1, 0.15) is 0 Å². The van der Waals surface area contributed by atoms with Crippen molar-refractivity contribution in [3.63, 3.8) is 0 Å². The molecule has 6 aromatic carbocycles. The van der Waals surface area contributed by atoms with Crippen LogP contribution in [-0.4, -0.2) is 6.71 Å². The highest BCUT2D eigenvalue weighted by Gasteiger charge is 2.50. The zero-order valence-corrected chi connectivity index (χ0v) is 41.1. The van der Waals surface area contributed by atoms with E-state index in [-0.39, 0.29) is 33.8 Å². The molecule has 7 aromatic rings. The molecule has 1 aliphatic carbocycles. The van der Waals surface area contributed by atoms with Crippen LogP contribution in [0.2, 0.25) is 0 Å². The molecule has 0 saturated heterocycles. The molecule has 0 bridgehead atoms. The third-order valence-electron chi connectivity index (χ3n) is 14.8. The molecule has 0 amide bonds.